The first-order valence-corrected chi connectivity index (χ1v) is 4.16. The number of nitrogens with two attached hydrogens (primary N) is 2. The first-order chi connectivity index (χ1) is 7.45. The molecule has 0 amide bonds. The van der Waals surface area contributed by atoms with Crippen LogP contribution in [-0.4, -0.2) is 16.3 Å². The Kier molecular flexibility index (Phi) is 5.98. The minimum absolute atomic E-state index is 0.207. The van der Waals surface area contributed by atoms with Crippen LogP contribution in [0, 0.1) is 17.0 Å². The number of hydrazine groups is 1. The number of benzene rings is 1. The summed E-state index contributed by atoms with van der Waals surface area (Å²) in [6.45, 7) is 2.01. The van der Waals surface area contributed by atoms with Crippen molar-refractivity contribution < 1.29 is 10.3 Å². The Bertz CT molecular complexity index is 358. The number of hydrogen-bond donors (Lipinski definition) is 4. The lowest BCUT2D eigenvalue weighted by atomic mass is 10.2. The van der Waals surface area contributed by atoms with Gasteiger partial charge in [0.15, 0.2) is 0 Å². The summed E-state index contributed by atoms with van der Waals surface area (Å²) in [5, 5.41) is 13.6. The van der Waals surface area contributed by atoms with Crippen LogP contribution >= 0.6 is 0 Å². The van der Waals surface area contributed by atoms with Crippen molar-refractivity contribution in [3.05, 3.63) is 39.9 Å². The SMILES string of the molecule is Cc1ccc(N=C(N)NN)cc1.O=[N+]([O-])O. The quantitative estimate of drug-likeness (QED) is 0.176. The third-order valence-electron chi connectivity index (χ3n) is 1.43. The van der Waals surface area contributed by atoms with Gasteiger partial charge in [-0.25, -0.2) is 10.8 Å². The molecule has 0 bridgehead atoms. The summed E-state index contributed by atoms with van der Waals surface area (Å²) in [5.74, 6) is 5.25. The van der Waals surface area contributed by atoms with Gasteiger partial charge in [0.1, 0.15) is 0 Å². The van der Waals surface area contributed by atoms with Crippen LogP contribution in [0.3, 0.4) is 0 Å². The molecule has 0 unspecified atom stereocenters. The molecule has 0 aliphatic heterocycles. The fourth-order valence-corrected chi connectivity index (χ4v) is 0.791. The van der Waals surface area contributed by atoms with E-state index in [4.69, 9.17) is 26.9 Å². The molecular formula is C8H13N5O3. The van der Waals surface area contributed by atoms with E-state index in [9.17, 15) is 0 Å². The standard InChI is InChI=1S/C8H12N4.HNO3/c1-6-2-4-7(5-3-6)11-8(9)12-10;2-1(3)4/h2-5H,10H2,1H3,(H3,9,11,12);(H,2,3,4). The van der Waals surface area contributed by atoms with Gasteiger partial charge in [-0.1, -0.05) is 17.7 Å². The van der Waals surface area contributed by atoms with Gasteiger partial charge in [-0.3, -0.25) is 5.43 Å². The molecule has 0 aromatic heterocycles. The lowest BCUT2D eigenvalue weighted by Crippen LogP contribution is -2.36. The number of aliphatic imine (C=N–C) groups is 1. The molecule has 0 heterocycles. The molecule has 0 fully saturated rings. The zero-order valence-electron chi connectivity index (χ0n) is 8.62. The Morgan fingerprint density at radius 2 is 1.94 bits per heavy atom. The largest absolute Gasteiger partial charge is 0.369 e. The highest BCUT2D eigenvalue weighted by Gasteiger charge is 1.89. The maximum Gasteiger partial charge on any atom is 0.291 e. The predicted octanol–water partition coefficient (Wildman–Crippen LogP) is 0.0568. The minimum Gasteiger partial charge on any atom is -0.369 e. The Balaban J connectivity index is 0.000000487. The molecule has 8 heteroatoms. The number of guanidine groups is 1. The van der Waals surface area contributed by atoms with Crippen LogP contribution < -0.4 is 17.0 Å². The Morgan fingerprint density at radius 3 is 2.31 bits per heavy atom. The van der Waals surface area contributed by atoms with Crippen LogP contribution in [0.1, 0.15) is 5.56 Å². The molecule has 0 atom stereocenters. The van der Waals surface area contributed by atoms with E-state index in [-0.39, 0.29) is 5.96 Å². The van der Waals surface area contributed by atoms with Crippen molar-refractivity contribution in [3.63, 3.8) is 0 Å². The van der Waals surface area contributed by atoms with Gasteiger partial charge in [0, 0.05) is 0 Å². The molecule has 1 aromatic carbocycles. The van der Waals surface area contributed by atoms with E-state index in [0.29, 0.717) is 0 Å². The maximum atomic E-state index is 8.36. The first kappa shape index (κ1) is 13.7. The second-order valence-electron chi connectivity index (χ2n) is 2.71. The van der Waals surface area contributed by atoms with Crippen molar-refractivity contribution in [2.24, 2.45) is 16.6 Å². The zero-order valence-corrected chi connectivity index (χ0v) is 8.62. The van der Waals surface area contributed by atoms with E-state index >= 15 is 0 Å². The van der Waals surface area contributed by atoms with Crippen molar-refractivity contribution >= 4 is 11.6 Å². The molecule has 0 saturated heterocycles. The lowest BCUT2D eigenvalue weighted by Gasteiger charge is -1.98. The molecule has 0 aliphatic rings. The Hall–Kier alpha value is -2.35. The van der Waals surface area contributed by atoms with E-state index in [2.05, 4.69) is 10.4 Å². The monoisotopic (exact) mass is 227 g/mol. The number of nitrogens with one attached hydrogen (secondary N) is 1. The highest BCUT2D eigenvalue weighted by Crippen LogP contribution is 2.11. The second kappa shape index (κ2) is 7.01. The van der Waals surface area contributed by atoms with E-state index in [0.717, 1.165) is 5.69 Å². The smallest absolute Gasteiger partial charge is 0.291 e. The summed E-state index contributed by atoms with van der Waals surface area (Å²) >= 11 is 0. The van der Waals surface area contributed by atoms with Crippen LogP contribution in [0.5, 0.6) is 0 Å². The highest BCUT2D eigenvalue weighted by atomic mass is 16.9. The molecular weight excluding hydrogens is 214 g/mol. The van der Waals surface area contributed by atoms with E-state index < -0.39 is 5.09 Å². The second-order valence-corrected chi connectivity index (χ2v) is 2.71. The van der Waals surface area contributed by atoms with Crippen LogP contribution in [0.15, 0.2) is 29.3 Å². The predicted molar refractivity (Wildman–Crippen MR) is 58.6 cm³/mol. The molecule has 1 aromatic rings. The van der Waals surface area contributed by atoms with Gasteiger partial charge < -0.3 is 10.9 Å². The number of hydrogen-bond acceptors (Lipinski definition) is 4. The summed E-state index contributed by atoms with van der Waals surface area (Å²) in [5.41, 5.74) is 9.59. The average molecular weight is 227 g/mol. The Labute approximate surface area is 91.7 Å². The molecule has 88 valence electrons. The van der Waals surface area contributed by atoms with E-state index in [1.807, 2.05) is 31.2 Å². The molecule has 6 N–H and O–H groups in total. The van der Waals surface area contributed by atoms with Crippen molar-refractivity contribution in [1.29, 1.82) is 0 Å². The summed E-state index contributed by atoms with van der Waals surface area (Å²) in [4.78, 5) is 12.3. The molecule has 16 heavy (non-hydrogen) atoms. The summed E-state index contributed by atoms with van der Waals surface area (Å²) in [6.07, 6.45) is 0. The van der Waals surface area contributed by atoms with Crippen LogP contribution in [0.4, 0.5) is 5.69 Å². The van der Waals surface area contributed by atoms with Crippen LogP contribution in [0.2, 0.25) is 0 Å². The third kappa shape index (κ3) is 7.09. The summed E-state index contributed by atoms with van der Waals surface area (Å²) < 4.78 is 0. The molecule has 0 saturated carbocycles. The summed E-state index contributed by atoms with van der Waals surface area (Å²) in [6, 6.07) is 7.67. The highest BCUT2D eigenvalue weighted by molar-refractivity contribution is 5.80. The summed E-state index contributed by atoms with van der Waals surface area (Å²) in [7, 11) is 0. The van der Waals surface area contributed by atoms with Gasteiger partial charge in [-0.05, 0) is 19.1 Å². The van der Waals surface area contributed by atoms with Crippen LogP contribution in [-0.2, 0) is 0 Å². The van der Waals surface area contributed by atoms with Crippen molar-refractivity contribution in [3.8, 4) is 0 Å². The lowest BCUT2D eigenvalue weighted by molar-refractivity contribution is -0.742. The molecule has 0 spiro atoms. The first-order valence-electron chi connectivity index (χ1n) is 4.16. The van der Waals surface area contributed by atoms with E-state index in [1.54, 1.807) is 0 Å². The molecule has 0 aliphatic carbocycles. The normalized spacial score (nSPS) is 10.0. The minimum atomic E-state index is -1.50. The van der Waals surface area contributed by atoms with Gasteiger partial charge in [0.05, 0.1) is 5.69 Å². The molecule has 8 nitrogen and oxygen atoms in total. The van der Waals surface area contributed by atoms with Gasteiger partial charge >= 0.3 is 0 Å². The Morgan fingerprint density at radius 1 is 1.50 bits per heavy atom. The van der Waals surface area contributed by atoms with Crippen molar-refractivity contribution in [1.82, 2.24) is 5.43 Å². The number of nitrogens with zero attached hydrogens (tertiary/aromatic N) is 2. The van der Waals surface area contributed by atoms with Crippen molar-refractivity contribution in [2.75, 3.05) is 0 Å². The van der Waals surface area contributed by atoms with Gasteiger partial charge in [0.25, 0.3) is 5.09 Å². The van der Waals surface area contributed by atoms with Gasteiger partial charge in [0.2, 0.25) is 5.96 Å². The fourth-order valence-electron chi connectivity index (χ4n) is 0.791. The fraction of sp³-hybridized carbons (Fsp3) is 0.125. The van der Waals surface area contributed by atoms with Gasteiger partial charge in [-0.2, -0.15) is 0 Å². The van der Waals surface area contributed by atoms with Crippen LogP contribution in [0.25, 0.3) is 0 Å². The zero-order chi connectivity index (χ0) is 12.6. The van der Waals surface area contributed by atoms with Crippen molar-refractivity contribution in [2.45, 2.75) is 6.92 Å². The third-order valence-corrected chi connectivity index (χ3v) is 1.43. The number of aryl methyl sites for hydroxylation is 1. The molecule has 1 rings (SSSR count). The maximum absolute atomic E-state index is 8.36. The topological polar surface area (TPSA) is 140 Å². The number of rotatable bonds is 1. The van der Waals surface area contributed by atoms with Gasteiger partial charge in [-0.15, -0.1) is 10.1 Å². The average Bonchev–Trinajstić information content (AvgIpc) is 2.20. The molecule has 0 radical (unpaired) electrons. The van der Waals surface area contributed by atoms with E-state index in [1.165, 1.54) is 5.56 Å².